The summed E-state index contributed by atoms with van der Waals surface area (Å²) in [6, 6.07) is 7.90. The predicted octanol–water partition coefficient (Wildman–Crippen LogP) is 1.99. The van der Waals surface area contributed by atoms with E-state index in [0.29, 0.717) is 5.92 Å². The van der Waals surface area contributed by atoms with Crippen molar-refractivity contribution in [1.82, 2.24) is 4.90 Å². The number of aliphatic hydroxyl groups is 1. The Balaban J connectivity index is 1.99. The van der Waals surface area contributed by atoms with Crippen LogP contribution in [0.3, 0.4) is 0 Å². The highest BCUT2D eigenvalue weighted by molar-refractivity contribution is 5.85. The van der Waals surface area contributed by atoms with Gasteiger partial charge in [0.15, 0.2) is 0 Å². The van der Waals surface area contributed by atoms with Crippen molar-refractivity contribution >= 4 is 12.0 Å². The van der Waals surface area contributed by atoms with Crippen LogP contribution in [-0.4, -0.2) is 40.3 Å². The molecule has 1 fully saturated rings. The first-order valence-electron chi connectivity index (χ1n) is 6.95. The fourth-order valence-corrected chi connectivity index (χ4v) is 2.58. The second-order valence-corrected chi connectivity index (χ2v) is 5.49. The molecule has 0 bridgehead atoms. The van der Waals surface area contributed by atoms with Crippen LogP contribution in [0.4, 0.5) is 0 Å². The van der Waals surface area contributed by atoms with Crippen LogP contribution in [0.25, 0.3) is 6.08 Å². The Labute approximate surface area is 119 Å². The van der Waals surface area contributed by atoms with Gasteiger partial charge >= 0.3 is 5.97 Å². The van der Waals surface area contributed by atoms with Gasteiger partial charge in [-0.3, -0.25) is 4.90 Å². The van der Waals surface area contributed by atoms with Gasteiger partial charge in [0.1, 0.15) is 0 Å². The van der Waals surface area contributed by atoms with E-state index in [4.69, 9.17) is 5.11 Å². The summed E-state index contributed by atoms with van der Waals surface area (Å²) in [4.78, 5) is 12.9. The molecule has 2 N–H and O–H groups in total. The lowest BCUT2D eigenvalue weighted by Crippen LogP contribution is -2.41. The monoisotopic (exact) mass is 275 g/mol. The van der Waals surface area contributed by atoms with E-state index in [1.807, 2.05) is 24.3 Å². The summed E-state index contributed by atoms with van der Waals surface area (Å²) in [6.07, 6.45) is 3.39. The van der Waals surface area contributed by atoms with Crippen LogP contribution in [0.1, 0.15) is 24.5 Å². The fourth-order valence-electron chi connectivity index (χ4n) is 2.58. The van der Waals surface area contributed by atoms with E-state index in [1.54, 1.807) is 6.08 Å². The summed E-state index contributed by atoms with van der Waals surface area (Å²) in [7, 11) is 0. The molecule has 1 saturated heterocycles. The van der Waals surface area contributed by atoms with Gasteiger partial charge in [0.25, 0.3) is 0 Å². The summed E-state index contributed by atoms with van der Waals surface area (Å²) in [5.41, 5.74) is 2.07. The van der Waals surface area contributed by atoms with E-state index < -0.39 is 5.97 Å². The van der Waals surface area contributed by atoms with Crippen molar-refractivity contribution in [2.45, 2.75) is 26.0 Å². The molecule has 4 nitrogen and oxygen atoms in total. The lowest BCUT2D eigenvalue weighted by molar-refractivity contribution is -0.131. The first kappa shape index (κ1) is 14.8. The van der Waals surface area contributed by atoms with Gasteiger partial charge in [0.05, 0.1) is 6.10 Å². The van der Waals surface area contributed by atoms with Crippen LogP contribution >= 0.6 is 0 Å². The number of carbonyl (C=O) groups is 1. The van der Waals surface area contributed by atoms with E-state index >= 15 is 0 Å². The van der Waals surface area contributed by atoms with Crippen molar-refractivity contribution in [1.29, 1.82) is 0 Å². The number of hydrogen-bond acceptors (Lipinski definition) is 3. The topological polar surface area (TPSA) is 60.8 Å². The highest BCUT2D eigenvalue weighted by Crippen LogP contribution is 2.19. The molecule has 1 aromatic carbocycles. The summed E-state index contributed by atoms with van der Waals surface area (Å²) in [5, 5.41) is 18.4. The first-order valence-corrected chi connectivity index (χ1v) is 6.95. The Morgan fingerprint density at radius 1 is 1.50 bits per heavy atom. The maximum atomic E-state index is 10.5. The number of nitrogens with zero attached hydrogens (tertiary/aromatic N) is 1. The van der Waals surface area contributed by atoms with Crippen LogP contribution in [0, 0.1) is 5.92 Å². The second-order valence-electron chi connectivity index (χ2n) is 5.49. The van der Waals surface area contributed by atoms with E-state index in [0.717, 1.165) is 37.7 Å². The minimum atomic E-state index is -0.936. The number of piperidine rings is 1. The number of carboxylic acids is 1. The Kier molecular flexibility index (Phi) is 4.93. The average Bonchev–Trinajstić information content (AvgIpc) is 2.41. The SMILES string of the molecule is CC1CN(Cc2cccc(/C=C/C(=O)O)c2)CCC1O. The minimum absolute atomic E-state index is 0.184. The number of aliphatic carboxylic acids is 1. The Bertz CT molecular complexity index is 498. The summed E-state index contributed by atoms with van der Waals surface area (Å²) in [6.45, 7) is 4.71. The molecular weight excluding hydrogens is 254 g/mol. The van der Waals surface area contributed by atoms with Crippen molar-refractivity contribution in [2.75, 3.05) is 13.1 Å². The third-order valence-electron chi connectivity index (χ3n) is 3.72. The fraction of sp³-hybridized carbons (Fsp3) is 0.438. The molecule has 1 aromatic rings. The van der Waals surface area contributed by atoms with Crippen molar-refractivity contribution in [3.8, 4) is 0 Å². The van der Waals surface area contributed by atoms with E-state index in [2.05, 4.69) is 11.8 Å². The molecule has 1 heterocycles. The molecule has 108 valence electrons. The maximum absolute atomic E-state index is 10.5. The summed E-state index contributed by atoms with van der Waals surface area (Å²) >= 11 is 0. The van der Waals surface area contributed by atoms with Crippen molar-refractivity contribution in [2.24, 2.45) is 5.92 Å². The number of carboxylic acid groups (broad SMARTS) is 1. The van der Waals surface area contributed by atoms with Crippen LogP contribution < -0.4 is 0 Å². The summed E-state index contributed by atoms with van der Waals surface area (Å²) < 4.78 is 0. The van der Waals surface area contributed by atoms with Gasteiger partial charge in [0, 0.05) is 25.7 Å². The Morgan fingerprint density at radius 3 is 3.00 bits per heavy atom. The first-order chi connectivity index (χ1) is 9.54. The molecule has 4 heteroatoms. The van der Waals surface area contributed by atoms with Crippen LogP contribution in [-0.2, 0) is 11.3 Å². The number of rotatable bonds is 4. The third-order valence-corrected chi connectivity index (χ3v) is 3.72. The molecule has 2 atom stereocenters. The smallest absolute Gasteiger partial charge is 0.328 e. The van der Waals surface area contributed by atoms with Gasteiger partial charge in [-0.1, -0.05) is 31.2 Å². The molecule has 2 rings (SSSR count). The zero-order valence-electron chi connectivity index (χ0n) is 11.7. The number of hydrogen-bond donors (Lipinski definition) is 2. The molecule has 1 aliphatic heterocycles. The van der Waals surface area contributed by atoms with Crippen molar-refractivity contribution in [3.05, 3.63) is 41.5 Å². The second kappa shape index (κ2) is 6.68. The van der Waals surface area contributed by atoms with Gasteiger partial charge in [-0.25, -0.2) is 4.79 Å². The van der Waals surface area contributed by atoms with Crippen LogP contribution in [0.15, 0.2) is 30.3 Å². The van der Waals surface area contributed by atoms with Crippen LogP contribution in [0.2, 0.25) is 0 Å². The minimum Gasteiger partial charge on any atom is -0.478 e. The molecule has 0 amide bonds. The molecular formula is C16H21NO3. The maximum Gasteiger partial charge on any atom is 0.328 e. The lowest BCUT2D eigenvalue weighted by atomic mass is 9.96. The molecule has 0 aliphatic carbocycles. The number of benzene rings is 1. The molecule has 2 unspecified atom stereocenters. The largest absolute Gasteiger partial charge is 0.478 e. The van der Waals surface area contributed by atoms with E-state index in [9.17, 15) is 9.90 Å². The molecule has 0 radical (unpaired) electrons. The molecule has 0 saturated carbocycles. The average molecular weight is 275 g/mol. The van der Waals surface area contributed by atoms with E-state index in [1.165, 1.54) is 5.56 Å². The highest BCUT2D eigenvalue weighted by Gasteiger charge is 2.23. The predicted molar refractivity (Wildman–Crippen MR) is 78.2 cm³/mol. The van der Waals surface area contributed by atoms with Crippen molar-refractivity contribution < 1.29 is 15.0 Å². The van der Waals surface area contributed by atoms with Gasteiger partial charge in [-0.2, -0.15) is 0 Å². The van der Waals surface area contributed by atoms with Gasteiger partial charge in [-0.05, 0) is 29.5 Å². The normalized spacial score (nSPS) is 24.1. The van der Waals surface area contributed by atoms with E-state index in [-0.39, 0.29) is 6.10 Å². The highest BCUT2D eigenvalue weighted by atomic mass is 16.4. The lowest BCUT2D eigenvalue weighted by Gasteiger charge is -2.34. The van der Waals surface area contributed by atoms with Crippen molar-refractivity contribution in [3.63, 3.8) is 0 Å². The molecule has 0 aromatic heterocycles. The Hall–Kier alpha value is -1.65. The summed E-state index contributed by atoms with van der Waals surface area (Å²) in [5.74, 6) is -0.631. The Morgan fingerprint density at radius 2 is 2.30 bits per heavy atom. The number of aliphatic hydroxyl groups excluding tert-OH is 1. The molecule has 0 spiro atoms. The zero-order valence-corrected chi connectivity index (χ0v) is 11.7. The van der Waals surface area contributed by atoms with Gasteiger partial charge in [-0.15, -0.1) is 0 Å². The van der Waals surface area contributed by atoms with Gasteiger partial charge in [0.2, 0.25) is 0 Å². The van der Waals surface area contributed by atoms with Crippen LogP contribution in [0.5, 0.6) is 0 Å². The molecule has 1 aliphatic rings. The standard InChI is InChI=1S/C16H21NO3/c1-12-10-17(8-7-15(12)18)11-14-4-2-3-13(9-14)5-6-16(19)20/h2-6,9,12,15,18H,7-8,10-11H2,1H3,(H,19,20)/b6-5+. The molecule has 20 heavy (non-hydrogen) atoms. The number of likely N-dealkylation sites (tertiary alicyclic amines) is 1. The third kappa shape index (κ3) is 4.18. The zero-order chi connectivity index (χ0) is 14.5. The quantitative estimate of drug-likeness (QED) is 0.825. The van der Waals surface area contributed by atoms with Gasteiger partial charge < -0.3 is 10.2 Å².